The molecule has 0 saturated heterocycles. The minimum absolute atomic E-state index is 0.208. The molecule has 150 valence electrons. The molecule has 3 aromatic rings. The third kappa shape index (κ3) is 3.54. The summed E-state index contributed by atoms with van der Waals surface area (Å²) in [5.74, 6) is 1.40. The van der Waals surface area contributed by atoms with Gasteiger partial charge in [-0.3, -0.25) is 4.79 Å². The maximum atomic E-state index is 12.6. The first-order valence-electron chi connectivity index (χ1n) is 9.56. The van der Waals surface area contributed by atoms with Crippen LogP contribution in [0.5, 0.6) is 5.88 Å². The van der Waals surface area contributed by atoms with Gasteiger partial charge < -0.3 is 25.8 Å². The number of fused-ring (bicyclic) bond motifs is 1. The standard InChI is InChI=1S/C19H21N7O3/c1-20-16-8-15(23-12-3-2-6-21-19(12)29-10-4-5-10)25-17-11(9-22-26(16)17)18(28)24-13-7-14(13)27/h2-3,6,8-10,13-14,20,27H,4-5,7H2,1H3,(H,23,25)(H,24,28)/t13?,14-/m0/s1. The van der Waals surface area contributed by atoms with Crippen LogP contribution in [0.15, 0.2) is 30.6 Å². The molecule has 2 atom stereocenters. The molecule has 1 amide bonds. The largest absolute Gasteiger partial charge is 0.473 e. The zero-order chi connectivity index (χ0) is 20.0. The van der Waals surface area contributed by atoms with Crippen LogP contribution in [0.1, 0.15) is 29.6 Å². The lowest BCUT2D eigenvalue weighted by Crippen LogP contribution is -2.27. The second kappa shape index (κ2) is 6.89. The van der Waals surface area contributed by atoms with E-state index in [1.165, 1.54) is 6.20 Å². The minimum Gasteiger partial charge on any atom is -0.473 e. The van der Waals surface area contributed by atoms with Crippen molar-refractivity contribution in [2.75, 3.05) is 17.7 Å². The first kappa shape index (κ1) is 17.7. The molecule has 2 aliphatic rings. The van der Waals surface area contributed by atoms with Crippen molar-refractivity contribution >= 4 is 28.9 Å². The van der Waals surface area contributed by atoms with Crippen LogP contribution in [0, 0.1) is 0 Å². The Hall–Kier alpha value is -3.40. The number of rotatable bonds is 7. The third-order valence-corrected chi connectivity index (χ3v) is 4.88. The minimum atomic E-state index is -0.477. The number of aromatic nitrogens is 4. The molecule has 3 heterocycles. The summed E-state index contributed by atoms with van der Waals surface area (Å²) in [7, 11) is 1.77. The molecule has 4 N–H and O–H groups in total. The fourth-order valence-corrected chi connectivity index (χ4v) is 3.01. The molecule has 10 nitrogen and oxygen atoms in total. The molecule has 2 saturated carbocycles. The monoisotopic (exact) mass is 395 g/mol. The van der Waals surface area contributed by atoms with Crippen LogP contribution >= 0.6 is 0 Å². The Labute approximate surface area is 166 Å². The predicted octanol–water partition coefficient (Wildman–Crippen LogP) is 1.31. The van der Waals surface area contributed by atoms with Crippen LogP contribution < -0.4 is 20.7 Å². The van der Waals surface area contributed by atoms with Crippen molar-refractivity contribution in [3.63, 3.8) is 0 Å². The Balaban J connectivity index is 1.48. The highest BCUT2D eigenvalue weighted by atomic mass is 16.5. The van der Waals surface area contributed by atoms with E-state index in [2.05, 4.69) is 31.0 Å². The molecular formula is C19H21N7O3. The van der Waals surface area contributed by atoms with E-state index in [4.69, 9.17) is 4.74 Å². The van der Waals surface area contributed by atoms with Crippen LogP contribution in [-0.2, 0) is 0 Å². The lowest BCUT2D eigenvalue weighted by atomic mass is 10.3. The Bertz CT molecular complexity index is 1080. The number of amides is 1. The quantitative estimate of drug-likeness (QED) is 0.472. The van der Waals surface area contributed by atoms with Crippen LogP contribution in [-0.4, -0.2) is 55.9 Å². The van der Waals surface area contributed by atoms with Gasteiger partial charge in [-0.2, -0.15) is 9.61 Å². The molecule has 1 unspecified atom stereocenters. The molecule has 10 heteroatoms. The highest BCUT2D eigenvalue weighted by molar-refractivity contribution is 6.00. The Morgan fingerprint density at radius 3 is 2.93 bits per heavy atom. The number of aliphatic hydroxyl groups excluding tert-OH is 1. The first-order chi connectivity index (χ1) is 14.1. The average Bonchev–Trinajstić information content (AvgIpc) is 3.62. The molecule has 0 radical (unpaired) electrons. The molecule has 0 aliphatic heterocycles. The molecule has 29 heavy (non-hydrogen) atoms. The predicted molar refractivity (Wildman–Crippen MR) is 106 cm³/mol. The van der Waals surface area contributed by atoms with Gasteiger partial charge in [0.05, 0.1) is 18.3 Å². The Morgan fingerprint density at radius 1 is 1.38 bits per heavy atom. The number of pyridine rings is 1. The van der Waals surface area contributed by atoms with Gasteiger partial charge in [-0.1, -0.05) is 0 Å². The summed E-state index contributed by atoms with van der Waals surface area (Å²) in [4.78, 5) is 21.5. The summed E-state index contributed by atoms with van der Waals surface area (Å²) in [6, 6.07) is 5.27. The molecule has 0 spiro atoms. The van der Waals surface area contributed by atoms with Gasteiger partial charge in [-0.25, -0.2) is 9.97 Å². The summed E-state index contributed by atoms with van der Waals surface area (Å²) in [6.07, 6.45) is 5.54. The van der Waals surface area contributed by atoms with Gasteiger partial charge in [-0.05, 0) is 31.4 Å². The van der Waals surface area contributed by atoms with Crippen molar-refractivity contribution in [3.8, 4) is 5.88 Å². The van der Waals surface area contributed by atoms with E-state index in [0.717, 1.165) is 12.8 Å². The topological polar surface area (TPSA) is 126 Å². The number of nitrogens with one attached hydrogen (secondary N) is 3. The Morgan fingerprint density at radius 2 is 2.21 bits per heavy atom. The SMILES string of the molecule is CNc1cc(Nc2cccnc2OC2CC2)nc2c(C(=O)NC3C[C@@H]3O)cnn12. The zero-order valence-electron chi connectivity index (χ0n) is 15.8. The highest BCUT2D eigenvalue weighted by Crippen LogP contribution is 2.32. The van der Waals surface area contributed by atoms with Gasteiger partial charge in [0.15, 0.2) is 5.65 Å². The molecule has 3 aromatic heterocycles. The lowest BCUT2D eigenvalue weighted by Gasteiger charge is -2.13. The van der Waals surface area contributed by atoms with Crippen molar-refractivity contribution in [1.29, 1.82) is 0 Å². The summed E-state index contributed by atoms with van der Waals surface area (Å²) < 4.78 is 7.42. The number of carbonyl (C=O) groups is 1. The number of anilines is 3. The van der Waals surface area contributed by atoms with Crippen molar-refractivity contribution in [2.45, 2.75) is 37.5 Å². The smallest absolute Gasteiger partial charge is 0.257 e. The highest BCUT2D eigenvalue weighted by Gasteiger charge is 2.37. The summed E-state index contributed by atoms with van der Waals surface area (Å²) in [5.41, 5.74) is 1.44. The van der Waals surface area contributed by atoms with Gasteiger partial charge in [0, 0.05) is 19.3 Å². The average molecular weight is 395 g/mol. The van der Waals surface area contributed by atoms with Crippen molar-refractivity contribution < 1.29 is 14.6 Å². The maximum Gasteiger partial charge on any atom is 0.257 e. The van der Waals surface area contributed by atoms with Crippen LogP contribution in [0.3, 0.4) is 0 Å². The van der Waals surface area contributed by atoms with Gasteiger partial charge >= 0.3 is 0 Å². The third-order valence-electron chi connectivity index (χ3n) is 4.88. The molecule has 5 rings (SSSR count). The second-order valence-corrected chi connectivity index (χ2v) is 7.25. The summed E-state index contributed by atoms with van der Waals surface area (Å²) in [5, 5.41) is 22.8. The summed E-state index contributed by atoms with van der Waals surface area (Å²) in [6.45, 7) is 0. The van der Waals surface area contributed by atoms with E-state index in [0.29, 0.717) is 40.8 Å². The number of aliphatic hydroxyl groups is 1. The second-order valence-electron chi connectivity index (χ2n) is 7.25. The van der Waals surface area contributed by atoms with Crippen LogP contribution in [0.2, 0.25) is 0 Å². The number of carbonyl (C=O) groups excluding carboxylic acids is 1. The normalized spacial score (nSPS) is 20.3. The van der Waals surface area contributed by atoms with E-state index in [-0.39, 0.29) is 18.1 Å². The molecule has 2 aliphatic carbocycles. The van der Waals surface area contributed by atoms with E-state index < -0.39 is 6.10 Å². The Kier molecular flexibility index (Phi) is 4.20. The molecular weight excluding hydrogens is 374 g/mol. The van der Waals surface area contributed by atoms with Crippen molar-refractivity contribution in [1.82, 2.24) is 24.9 Å². The van der Waals surface area contributed by atoms with Crippen molar-refractivity contribution in [2.24, 2.45) is 0 Å². The number of hydrogen-bond acceptors (Lipinski definition) is 8. The van der Waals surface area contributed by atoms with E-state index in [9.17, 15) is 9.90 Å². The fourth-order valence-electron chi connectivity index (χ4n) is 3.01. The van der Waals surface area contributed by atoms with Crippen LogP contribution in [0.25, 0.3) is 5.65 Å². The fraction of sp³-hybridized carbons (Fsp3) is 0.368. The first-order valence-corrected chi connectivity index (χ1v) is 9.56. The molecule has 0 aromatic carbocycles. The molecule has 2 fully saturated rings. The van der Waals surface area contributed by atoms with Gasteiger partial charge in [0.1, 0.15) is 29.0 Å². The van der Waals surface area contributed by atoms with E-state index in [1.807, 2.05) is 12.1 Å². The van der Waals surface area contributed by atoms with Crippen LogP contribution in [0.4, 0.5) is 17.3 Å². The van der Waals surface area contributed by atoms with Gasteiger partial charge in [0.25, 0.3) is 5.91 Å². The zero-order valence-corrected chi connectivity index (χ0v) is 15.8. The van der Waals surface area contributed by atoms with E-state index >= 15 is 0 Å². The molecule has 0 bridgehead atoms. The number of ether oxygens (including phenoxy) is 1. The number of hydrogen-bond donors (Lipinski definition) is 4. The van der Waals surface area contributed by atoms with E-state index in [1.54, 1.807) is 23.8 Å². The number of nitrogens with zero attached hydrogens (tertiary/aromatic N) is 4. The van der Waals surface area contributed by atoms with Gasteiger partial charge in [0.2, 0.25) is 5.88 Å². The van der Waals surface area contributed by atoms with Crippen molar-refractivity contribution in [3.05, 3.63) is 36.2 Å². The lowest BCUT2D eigenvalue weighted by molar-refractivity contribution is 0.0944. The summed E-state index contributed by atoms with van der Waals surface area (Å²) >= 11 is 0. The van der Waals surface area contributed by atoms with Gasteiger partial charge in [-0.15, -0.1) is 0 Å². The maximum absolute atomic E-state index is 12.6.